The molecule has 0 saturated carbocycles. The highest BCUT2D eigenvalue weighted by molar-refractivity contribution is 5.69. The van der Waals surface area contributed by atoms with E-state index in [-0.39, 0.29) is 13.2 Å². The van der Waals surface area contributed by atoms with Crippen LogP contribution in [0.25, 0.3) is 0 Å². The fraction of sp³-hybridized carbons (Fsp3) is 0.579. The number of benzene rings is 1. The third kappa shape index (κ3) is 5.61. The number of ether oxygens (including phenoxy) is 2. The van der Waals surface area contributed by atoms with Crippen LogP contribution < -0.4 is 0 Å². The van der Waals surface area contributed by atoms with Crippen molar-refractivity contribution >= 4 is 12.2 Å². The Morgan fingerprint density at radius 3 is 2.50 bits per heavy atom. The van der Waals surface area contributed by atoms with Crippen LogP contribution in [0.3, 0.4) is 0 Å². The highest BCUT2D eigenvalue weighted by Crippen LogP contribution is 2.21. The normalized spacial score (nSPS) is 20.4. The van der Waals surface area contributed by atoms with Crippen molar-refractivity contribution in [3.63, 3.8) is 0 Å². The van der Waals surface area contributed by atoms with Crippen LogP contribution in [0.2, 0.25) is 0 Å². The van der Waals surface area contributed by atoms with Crippen molar-refractivity contribution < 1.29 is 23.5 Å². The number of rotatable bonds is 3. The maximum absolute atomic E-state index is 14.6. The van der Waals surface area contributed by atoms with Gasteiger partial charge < -0.3 is 19.3 Å². The summed E-state index contributed by atoms with van der Waals surface area (Å²) in [5, 5.41) is 0. The van der Waals surface area contributed by atoms with Gasteiger partial charge in [0.1, 0.15) is 18.4 Å². The summed E-state index contributed by atoms with van der Waals surface area (Å²) in [7, 11) is 1.52. The Balaban J connectivity index is 1.85. The molecule has 2 unspecified atom stereocenters. The monoisotopic (exact) mass is 366 g/mol. The van der Waals surface area contributed by atoms with Crippen molar-refractivity contribution in [3.8, 4) is 0 Å². The van der Waals surface area contributed by atoms with Gasteiger partial charge in [0.15, 0.2) is 0 Å². The minimum absolute atomic E-state index is 0.106. The summed E-state index contributed by atoms with van der Waals surface area (Å²) in [5.41, 5.74) is 0.233. The molecule has 0 radical (unpaired) electrons. The predicted octanol–water partition coefficient (Wildman–Crippen LogP) is 3.60. The largest absolute Gasteiger partial charge is 0.445 e. The molecule has 0 aliphatic carbocycles. The van der Waals surface area contributed by atoms with Crippen molar-refractivity contribution in [3.05, 3.63) is 35.9 Å². The molecule has 26 heavy (non-hydrogen) atoms. The molecule has 1 aliphatic heterocycles. The Kier molecular flexibility index (Phi) is 6.45. The molecule has 1 fully saturated rings. The predicted molar refractivity (Wildman–Crippen MR) is 95.5 cm³/mol. The molecular weight excluding hydrogens is 339 g/mol. The Bertz CT molecular complexity index is 618. The van der Waals surface area contributed by atoms with Gasteiger partial charge in [0.2, 0.25) is 0 Å². The summed E-state index contributed by atoms with van der Waals surface area (Å²) in [6.07, 6.45) is -2.14. The number of piperidine rings is 1. The molecule has 0 bridgehead atoms. The first-order valence-corrected chi connectivity index (χ1v) is 8.73. The Morgan fingerprint density at radius 2 is 1.92 bits per heavy atom. The zero-order chi connectivity index (χ0) is 19.3. The molecule has 1 saturated heterocycles. The Morgan fingerprint density at radius 1 is 1.27 bits per heavy atom. The number of nitrogens with zero attached hydrogens (tertiary/aromatic N) is 2. The molecule has 1 aromatic rings. The summed E-state index contributed by atoms with van der Waals surface area (Å²) < 4.78 is 25.1. The SMILES string of the molecule is CN(C(=O)OC(C)(C)C)C1CCN(C(=O)OCc2ccccc2)CC1F. The van der Waals surface area contributed by atoms with Crippen LogP contribution in [0, 0.1) is 0 Å². The van der Waals surface area contributed by atoms with Crippen LogP contribution in [0.1, 0.15) is 32.8 Å². The molecule has 0 aromatic heterocycles. The maximum Gasteiger partial charge on any atom is 0.410 e. The summed E-state index contributed by atoms with van der Waals surface area (Å²) >= 11 is 0. The first-order valence-electron chi connectivity index (χ1n) is 8.73. The molecule has 1 aliphatic rings. The van der Waals surface area contributed by atoms with Gasteiger partial charge in [0.05, 0.1) is 12.6 Å². The zero-order valence-electron chi connectivity index (χ0n) is 15.8. The van der Waals surface area contributed by atoms with Gasteiger partial charge in [0.25, 0.3) is 0 Å². The van der Waals surface area contributed by atoms with E-state index in [1.54, 1.807) is 20.8 Å². The number of carbonyl (C=O) groups excluding carboxylic acids is 2. The highest BCUT2D eigenvalue weighted by Gasteiger charge is 2.37. The number of halogens is 1. The van der Waals surface area contributed by atoms with Crippen LogP contribution in [0.4, 0.5) is 14.0 Å². The lowest BCUT2D eigenvalue weighted by atomic mass is 10.0. The molecule has 0 N–H and O–H groups in total. The quantitative estimate of drug-likeness (QED) is 0.820. The minimum Gasteiger partial charge on any atom is -0.445 e. The van der Waals surface area contributed by atoms with Gasteiger partial charge in [-0.1, -0.05) is 30.3 Å². The smallest absolute Gasteiger partial charge is 0.410 e. The van der Waals surface area contributed by atoms with Gasteiger partial charge in [-0.2, -0.15) is 0 Å². The lowest BCUT2D eigenvalue weighted by molar-refractivity contribution is -0.00298. The molecular formula is C19H27FN2O4. The lowest BCUT2D eigenvalue weighted by Crippen LogP contribution is -2.54. The molecule has 144 valence electrons. The van der Waals surface area contributed by atoms with E-state index in [2.05, 4.69) is 0 Å². The third-order valence-electron chi connectivity index (χ3n) is 4.15. The van der Waals surface area contributed by atoms with Gasteiger partial charge in [-0.05, 0) is 32.8 Å². The van der Waals surface area contributed by atoms with Crippen LogP contribution in [0.15, 0.2) is 30.3 Å². The molecule has 1 aromatic carbocycles. The first-order chi connectivity index (χ1) is 12.2. The molecule has 2 rings (SSSR count). The van der Waals surface area contributed by atoms with Gasteiger partial charge >= 0.3 is 12.2 Å². The number of amides is 2. The average molecular weight is 366 g/mol. The fourth-order valence-corrected chi connectivity index (χ4v) is 2.77. The van der Waals surface area contributed by atoms with Gasteiger partial charge in [-0.3, -0.25) is 0 Å². The second kappa shape index (κ2) is 8.38. The Labute approximate surface area is 153 Å². The van der Waals surface area contributed by atoms with Crippen molar-refractivity contribution in [2.24, 2.45) is 0 Å². The molecule has 7 heteroatoms. The van der Waals surface area contributed by atoms with Crippen molar-refractivity contribution in [2.45, 2.75) is 51.6 Å². The van der Waals surface area contributed by atoms with E-state index in [1.807, 2.05) is 30.3 Å². The zero-order valence-corrected chi connectivity index (χ0v) is 15.8. The lowest BCUT2D eigenvalue weighted by Gasteiger charge is -2.38. The van der Waals surface area contributed by atoms with Crippen molar-refractivity contribution in [2.75, 3.05) is 20.1 Å². The van der Waals surface area contributed by atoms with Gasteiger partial charge in [-0.25, -0.2) is 14.0 Å². The first kappa shape index (κ1) is 20.0. The van der Waals surface area contributed by atoms with Crippen molar-refractivity contribution in [1.82, 2.24) is 9.80 Å². The molecule has 6 nitrogen and oxygen atoms in total. The Hall–Kier alpha value is -2.31. The van der Waals surface area contributed by atoms with E-state index in [1.165, 1.54) is 16.8 Å². The van der Waals surface area contributed by atoms with Crippen LogP contribution in [-0.4, -0.2) is 59.9 Å². The fourth-order valence-electron chi connectivity index (χ4n) is 2.77. The van der Waals surface area contributed by atoms with E-state index in [9.17, 15) is 14.0 Å². The minimum atomic E-state index is -1.36. The van der Waals surface area contributed by atoms with E-state index in [0.29, 0.717) is 13.0 Å². The number of carbonyl (C=O) groups is 2. The summed E-state index contributed by atoms with van der Waals surface area (Å²) in [5.74, 6) is 0. The van der Waals surface area contributed by atoms with Crippen LogP contribution in [-0.2, 0) is 16.1 Å². The molecule has 2 atom stereocenters. The van der Waals surface area contributed by atoms with Gasteiger partial charge in [0, 0.05) is 13.6 Å². The second-order valence-electron chi connectivity index (χ2n) is 7.45. The topological polar surface area (TPSA) is 59.1 Å². The number of alkyl halides is 1. The van der Waals surface area contributed by atoms with Gasteiger partial charge in [-0.15, -0.1) is 0 Å². The molecule has 0 spiro atoms. The summed E-state index contributed by atoms with van der Waals surface area (Å²) in [6.45, 7) is 5.65. The molecule has 1 heterocycles. The van der Waals surface area contributed by atoms with E-state index in [4.69, 9.17) is 9.47 Å². The second-order valence-corrected chi connectivity index (χ2v) is 7.45. The summed E-state index contributed by atoms with van der Waals surface area (Å²) in [4.78, 5) is 26.9. The highest BCUT2D eigenvalue weighted by atomic mass is 19.1. The van der Waals surface area contributed by atoms with Crippen molar-refractivity contribution in [1.29, 1.82) is 0 Å². The van der Waals surface area contributed by atoms with Crippen LogP contribution in [0.5, 0.6) is 0 Å². The summed E-state index contributed by atoms with van der Waals surface area (Å²) in [6, 6.07) is 8.69. The molecule has 2 amide bonds. The standard InChI is InChI=1S/C19H27FN2O4/c1-19(2,3)26-17(23)21(4)16-10-11-22(12-15(16)20)18(24)25-13-14-8-6-5-7-9-14/h5-9,15-16H,10-13H2,1-4H3. The number of likely N-dealkylation sites (tertiary alicyclic amines) is 1. The van der Waals surface area contributed by atoms with E-state index in [0.717, 1.165) is 5.56 Å². The van der Waals surface area contributed by atoms with Crippen LogP contribution >= 0.6 is 0 Å². The third-order valence-corrected chi connectivity index (χ3v) is 4.15. The number of hydrogen-bond donors (Lipinski definition) is 0. The van der Waals surface area contributed by atoms with E-state index < -0.39 is 30.0 Å². The number of hydrogen-bond acceptors (Lipinski definition) is 4. The van der Waals surface area contributed by atoms with E-state index >= 15 is 0 Å². The average Bonchev–Trinajstić information content (AvgIpc) is 2.58. The maximum atomic E-state index is 14.6.